The van der Waals surface area contributed by atoms with E-state index in [4.69, 9.17) is 0 Å². The number of aldehydes is 1. The summed E-state index contributed by atoms with van der Waals surface area (Å²) >= 11 is 0. The van der Waals surface area contributed by atoms with Gasteiger partial charge in [0.05, 0.1) is 0 Å². The zero-order chi connectivity index (χ0) is 11.4. The fraction of sp³-hybridized carbons (Fsp3) is 0.500. The summed E-state index contributed by atoms with van der Waals surface area (Å²) in [6.07, 6.45) is 8.36. The molecule has 0 amide bonds. The molecule has 0 radical (unpaired) electrons. The molecule has 2 heteroatoms. The fourth-order valence-corrected chi connectivity index (χ4v) is 2.61. The van der Waals surface area contributed by atoms with Crippen molar-refractivity contribution in [1.82, 2.24) is 0 Å². The van der Waals surface area contributed by atoms with E-state index in [1.165, 1.54) is 38.2 Å². The first-order valence-electron chi connectivity index (χ1n) is 6.06. The Kier molecular flexibility index (Phi) is 3.60. The maximum absolute atomic E-state index is 10.7. The van der Waals surface area contributed by atoms with E-state index in [0.29, 0.717) is 5.56 Å². The highest BCUT2D eigenvalue weighted by Gasteiger charge is 2.14. The molecule has 0 aromatic heterocycles. The van der Waals surface area contributed by atoms with Crippen LogP contribution in [0.1, 0.15) is 48.0 Å². The SMILES string of the molecule is O=Cc1cc(O)cc(CC2CCCCC2)c1. The molecule has 86 valence electrons. The van der Waals surface area contributed by atoms with Crippen molar-refractivity contribution in [1.29, 1.82) is 0 Å². The first kappa shape index (κ1) is 11.2. The van der Waals surface area contributed by atoms with Crippen LogP contribution in [0.4, 0.5) is 0 Å². The quantitative estimate of drug-likeness (QED) is 0.790. The highest BCUT2D eigenvalue weighted by molar-refractivity contribution is 5.76. The number of carbonyl (C=O) groups is 1. The summed E-state index contributed by atoms with van der Waals surface area (Å²) in [5.74, 6) is 0.936. The highest BCUT2D eigenvalue weighted by atomic mass is 16.3. The number of hydrogen-bond acceptors (Lipinski definition) is 2. The molecular weight excluding hydrogens is 200 g/mol. The molecular formula is C14H18O2. The second kappa shape index (κ2) is 5.15. The Labute approximate surface area is 96.3 Å². The molecule has 1 aliphatic carbocycles. The predicted molar refractivity (Wildman–Crippen MR) is 63.8 cm³/mol. The molecule has 0 unspecified atom stereocenters. The van der Waals surface area contributed by atoms with Crippen LogP contribution >= 0.6 is 0 Å². The lowest BCUT2D eigenvalue weighted by Gasteiger charge is -2.21. The lowest BCUT2D eigenvalue weighted by atomic mass is 9.84. The molecule has 16 heavy (non-hydrogen) atoms. The summed E-state index contributed by atoms with van der Waals surface area (Å²) < 4.78 is 0. The van der Waals surface area contributed by atoms with Crippen LogP contribution in [0.25, 0.3) is 0 Å². The monoisotopic (exact) mass is 218 g/mol. The van der Waals surface area contributed by atoms with Crippen LogP contribution in [0.15, 0.2) is 18.2 Å². The van der Waals surface area contributed by atoms with Crippen LogP contribution in [-0.2, 0) is 6.42 Å². The number of phenols is 1. The number of rotatable bonds is 3. The predicted octanol–water partition coefficient (Wildman–Crippen LogP) is 3.33. The summed E-state index contributed by atoms with van der Waals surface area (Å²) in [4.78, 5) is 10.7. The summed E-state index contributed by atoms with van der Waals surface area (Å²) in [5.41, 5.74) is 1.67. The second-order valence-electron chi connectivity index (χ2n) is 4.76. The molecule has 2 rings (SSSR count). The molecule has 1 saturated carbocycles. The smallest absolute Gasteiger partial charge is 0.150 e. The van der Waals surface area contributed by atoms with Gasteiger partial charge in [-0.3, -0.25) is 4.79 Å². The number of hydrogen-bond donors (Lipinski definition) is 1. The summed E-state index contributed by atoms with van der Waals surface area (Å²) in [6, 6.07) is 5.18. The summed E-state index contributed by atoms with van der Waals surface area (Å²) in [5, 5.41) is 9.50. The maximum Gasteiger partial charge on any atom is 0.150 e. The second-order valence-corrected chi connectivity index (χ2v) is 4.76. The zero-order valence-electron chi connectivity index (χ0n) is 9.48. The number of benzene rings is 1. The van der Waals surface area contributed by atoms with Crippen LogP contribution in [0.2, 0.25) is 0 Å². The van der Waals surface area contributed by atoms with E-state index in [-0.39, 0.29) is 5.75 Å². The standard InChI is InChI=1S/C14H18O2/c15-10-13-7-12(8-14(16)9-13)6-11-4-2-1-3-5-11/h7-11,16H,1-6H2. The first-order chi connectivity index (χ1) is 7.78. The lowest BCUT2D eigenvalue weighted by Crippen LogP contribution is -2.09. The van der Waals surface area contributed by atoms with E-state index in [1.807, 2.05) is 6.07 Å². The van der Waals surface area contributed by atoms with Gasteiger partial charge in [-0.1, -0.05) is 32.1 Å². The van der Waals surface area contributed by atoms with E-state index < -0.39 is 0 Å². The van der Waals surface area contributed by atoms with Crippen molar-refractivity contribution in [2.75, 3.05) is 0 Å². The van der Waals surface area contributed by atoms with Gasteiger partial charge in [-0.2, -0.15) is 0 Å². The molecule has 0 aliphatic heterocycles. The zero-order valence-corrected chi connectivity index (χ0v) is 9.48. The Morgan fingerprint density at radius 1 is 1.19 bits per heavy atom. The van der Waals surface area contributed by atoms with Crippen LogP contribution < -0.4 is 0 Å². The normalized spacial score (nSPS) is 17.2. The van der Waals surface area contributed by atoms with Crippen LogP contribution in [0.3, 0.4) is 0 Å². The van der Waals surface area contributed by atoms with E-state index in [9.17, 15) is 9.90 Å². The average Bonchev–Trinajstić information content (AvgIpc) is 2.29. The van der Waals surface area contributed by atoms with Crippen molar-refractivity contribution in [3.8, 4) is 5.75 Å². The maximum atomic E-state index is 10.7. The third-order valence-corrected chi connectivity index (χ3v) is 3.39. The molecule has 1 aromatic rings. The molecule has 1 aromatic carbocycles. The van der Waals surface area contributed by atoms with Crippen molar-refractivity contribution < 1.29 is 9.90 Å². The van der Waals surface area contributed by atoms with Gasteiger partial charge >= 0.3 is 0 Å². The van der Waals surface area contributed by atoms with Crippen molar-refractivity contribution >= 4 is 6.29 Å². The van der Waals surface area contributed by atoms with Crippen LogP contribution in [0.5, 0.6) is 5.75 Å². The van der Waals surface area contributed by atoms with Gasteiger partial charge < -0.3 is 5.11 Å². The lowest BCUT2D eigenvalue weighted by molar-refractivity contribution is 0.112. The van der Waals surface area contributed by atoms with E-state index in [2.05, 4.69) is 0 Å². The summed E-state index contributed by atoms with van der Waals surface area (Å²) in [6.45, 7) is 0. The molecule has 2 nitrogen and oxygen atoms in total. The molecule has 0 bridgehead atoms. The minimum atomic E-state index is 0.204. The van der Waals surface area contributed by atoms with Gasteiger partial charge in [-0.05, 0) is 36.1 Å². The molecule has 0 atom stereocenters. The third kappa shape index (κ3) is 2.84. The van der Waals surface area contributed by atoms with Crippen molar-refractivity contribution in [3.05, 3.63) is 29.3 Å². The van der Waals surface area contributed by atoms with Gasteiger partial charge in [0.2, 0.25) is 0 Å². The topological polar surface area (TPSA) is 37.3 Å². The number of phenolic OH excluding ortho intramolecular Hbond substituents is 1. The van der Waals surface area contributed by atoms with Gasteiger partial charge in [0.1, 0.15) is 12.0 Å². The third-order valence-electron chi connectivity index (χ3n) is 3.39. The summed E-state index contributed by atoms with van der Waals surface area (Å²) in [7, 11) is 0. The van der Waals surface area contributed by atoms with Crippen molar-refractivity contribution in [3.63, 3.8) is 0 Å². The van der Waals surface area contributed by atoms with E-state index >= 15 is 0 Å². The molecule has 1 N–H and O–H groups in total. The first-order valence-corrected chi connectivity index (χ1v) is 6.06. The average molecular weight is 218 g/mol. The van der Waals surface area contributed by atoms with Gasteiger partial charge in [-0.15, -0.1) is 0 Å². The Morgan fingerprint density at radius 3 is 2.62 bits per heavy atom. The fourth-order valence-electron chi connectivity index (χ4n) is 2.61. The van der Waals surface area contributed by atoms with E-state index in [0.717, 1.165) is 24.2 Å². The van der Waals surface area contributed by atoms with Gasteiger partial charge in [0.15, 0.2) is 0 Å². The van der Waals surface area contributed by atoms with E-state index in [1.54, 1.807) is 6.07 Å². The van der Waals surface area contributed by atoms with Gasteiger partial charge in [0, 0.05) is 5.56 Å². The van der Waals surface area contributed by atoms with Gasteiger partial charge in [0.25, 0.3) is 0 Å². The van der Waals surface area contributed by atoms with Crippen LogP contribution in [-0.4, -0.2) is 11.4 Å². The molecule has 0 spiro atoms. The van der Waals surface area contributed by atoms with Crippen molar-refractivity contribution in [2.24, 2.45) is 5.92 Å². The molecule has 1 aliphatic rings. The molecule has 1 fully saturated rings. The Hall–Kier alpha value is -1.31. The Morgan fingerprint density at radius 2 is 1.94 bits per heavy atom. The minimum absolute atomic E-state index is 0.204. The number of carbonyl (C=O) groups excluding carboxylic acids is 1. The Balaban J connectivity index is 2.07. The molecule has 0 heterocycles. The minimum Gasteiger partial charge on any atom is -0.508 e. The highest BCUT2D eigenvalue weighted by Crippen LogP contribution is 2.28. The molecule has 0 saturated heterocycles. The van der Waals surface area contributed by atoms with Crippen LogP contribution in [0, 0.1) is 5.92 Å². The van der Waals surface area contributed by atoms with Gasteiger partial charge in [-0.25, -0.2) is 0 Å². The largest absolute Gasteiger partial charge is 0.508 e. The van der Waals surface area contributed by atoms with Crippen molar-refractivity contribution in [2.45, 2.75) is 38.5 Å². The Bertz CT molecular complexity index is 365. The number of aromatic hydroxyl groups is 1.